The van der Waals surface area contributed by atoms with Crippen molar-refractivity contribution in [3.8, 4) is 0 Å². The van der Waals surface area contributed by atoms with E-state index < -0.39 is 23.8 Å². The van der Waals surface area contributed by atoms with E-state index in [0.717, 1.165) is 15.8 Å². The Hall–Kier alpha value is -3.36. The highest BCUT2D eigenvalue weighted by Gasteiger charge is 2.29. The Bertz CT molecular complexity index is 1230. The van der Waals surface area contributed by atoms with Gasteiger partial charge in [0.1, 0.15) is 6.54 Å². The van der Waals surface area contributed by atoms with Crippen molar-refractivity contribution in [2.24, 2.45) is 7.05 Å². The molecule has 0 amide bonds. The maximum Gasteiger partial charge on any atom is 0.333 e. The molecule has 3 aromatic rings. The van der Waals surface area contributed by atoms with Gasteiger partial charge in [-0.25, -0.2) is 9.36 Å². The van der Waals surface area contributed by atoms with Gasteiger partial charge in [-0.3, -0.25) is 14.2 Å². The van der Waals surface area contributed by atoms with Crippen LogP contribution >= 0.6 is 0 Å². The van der Waals surface area contributed by atoms with Crippen molar-refractivity contribution in [1.29, 1.82) is 0 Å². The van der Waals surface area contributed by atoms with Crippen molar-refractivity contribution < 1.29 is 9.53 Å². The highest BCUT2D eigenvalue weighted by Crippen LogP contribution is 2.33. The predicted molar refractivity (Wildman–Crippen MR) is 104 cm³/mol. The number of fused-ring (bicyclic) bond motifs is 3. The van der Waals surface area contributed by atoms with Gasteiger partial charge in [0.15, 0.2) is 11.2 Å². The summed E-state index contributed by atoms with van der Waals surface area (Å²) < 4.78 is 8.61. The second-order valence-electron chi connectivity index (χ2n) is 6.99. The number of methoxy groups -OCH3 is 1. The Morgan fingerprint density at radius 3 is 2.64 bits per heavy atom. The molecule has 146 valence electrons. The first kappa shape index (κ1) is 18.0. The number of carbonyl (C=O) groups excluding carboxylic acids is 1. The molecule has 2 aromatic heterocycles. The average molecular weight is 383 g/mol. The molecule has 0 fully saturated rings. The smallest absolute Gasteiger partial charge is 0.333 e. The van der Waals surface area contributed by atoms with Gasteiger partial charge in [0, 0.05) is 25.8 Å². The number of carbonyl (C=O) groups is 1. The molecule has 4 rings (SSSR count). The summed E-state index contributed by atoms with van der Waals surface area (Å²) in [5.41, 5.74) is 2.77. The quantitative estimate of drug-likeness (QED) is 0.623. The lowest BCUT2D eigenvalue weighted by molar-refractivity contribution is -0.141. The van der Waals surface area contributed by atoms with Crippen molar-refractivity contribution in [2.75, 3.05) is 18.6 Å². The zero-order chi connectivity index (χ0) is 20.2. The number of imidazole rings is 1. The van der Waals surface area contributed by atoms with Crippen molar-refractivity contribution in [3.05, 3.63) is 50.2 Å². The number of rotatable bonds is 3. The minimum atomic E-state index is -0.656. The number of aryl methyl sites for hydroxylation is 3. The van der Waals surface area contributed by atoms with Crippen LogP contribution in [0, 0.1) is 13.8 Å². The van der Waals surface area contributed by atoms with Crippen molar-refractivity contribution in [2.45, 2.75) is 26.9 Å². The van der Waals surface area contributed by atoms with Crippen molar-refractivity contribution in [3.63, 3.8) is 0 Å². The van der Waals surface area contributed by atoms with Gasteiger partial charge in [0.25, 0.3) is 5.56 Å². The van der Waals surface area contributed by atoms with Gasteiger partial charge in [-0.2, -0.15) is 4.98 Å². The second-order valence-corrected chi connectivity index (χ2v) is 6.99. The highest BCUT2D eigenvalue weighted by atomic mass is 16.5. The molecule has 9 heteroatoms. The molecule has 3 heterocycles. The standard InChI is InChI=1S/C19H21N5O4/c1-11-5-6-13(12(2)9-11)22-7-8-23-15-16(20-18(22)23)21(3)19(27)24(17(15)26)10-14(25)28-4/h5-6,9H,7-8,10H2,1-4H3. The first-order valence-corrected chi connectivity index (χ1v) is 8.95. The highest BCUT2D eigenvalue weighted by molar-refractivity contribution is 5.78. The lowest BCUT2D eigenvalue weighted by atomic mass is 10.1. The zero-order valence-electron chi connectivity index (χ0n) is 16.2. The third-order valence-electron chi connectivity index (χ3n) is 5.16. The number of hydrogen-bond acceptors (Lipinski definition) is 6. The Kier molecular flexibility index (Phi) is 4.10. The monoisotopic (exact) mass is 383 g/mol. The molecule has 1 aliphatic rings. The van der Waals surface area contributed by atoms with Crippen LogP contribution in [0.5, 0.6) is 0 Å². The molecule has 28 heavy (non-hydrogen) atoms. The molecule has 0 radical (unpaired) electrons. The van der Waals surface area contributed by atoms with Crippen LogP contribution in [0.3, 0.4) is 0 Å². The number of ether oxygens (including phenoxy) is 1. The second kappa shape index (κ2) is 6.36. The van der Waals surface area contributed by atoms with E-state index >= 15 is 0 Å². The van der Waals surface area contributed by atoms with Gasteiger partial charge in [0.05, 0.1) is 7.11 Å². The number of nitrogens with zero attached hydrogens (tertiary/aromatic N) is 5. The maximum absolute atomic E-state index is 13.0. The lowest BCUT2D eigenvalue weighted by Crippen LogP contribution is -2.41. The topological polar surface area (TPSA) is 91.4 Å². The number of benzene rings is 1. The zero-order valence-corrected chi connectivity index (χ0v) is 16.2. The minimum Gasteiger partial charge on any atom is -0.468 e. The van der Waals surface area contributed by atoms with Crippen LogP contribution in [-0.2, 0) is 29.7 Å². The van der Waals surface area contributed by atoms with Crippen LogP contribution in [-0.4, -0.2) is 38.3 Å². The number of esters is 1. The van der Waals surface area contributed by atoms with Crippen LogP contribution in [0.1, 0.15) is 11.1 Å². The fourth-order valence-corrected chi connectivity index (χ4v) is 3.75. The van der Waals surface area contributed by atoms with Gasteiger partial charge < -0.3 is 14.2 Å². The summed E-state index contributed by atoms with van der Waals surface area (Å²) in [7, 11) is 2.76. The van der Waals surface area contributed by atoms with Gasteiger partial charge >= 0.3 is 11.7 Å². The van der Waals surface area contributed by atoms with Gasteiger partial charge in [-0.05, 0) is 25.5 Å². The van der Waals surface area contributed by atoms with E-state index in [4.69, 9.17) is 0 Å². The fourth-order valence-electron chi connectivity index (χ4n) is 3.75. The van der Waals surface area contributed by atoms with Crippen LogP contribution in [0.4, 0.5) is 11.6 Å². The molecule has 9 nitrogen and oxygen atoms in total. The summed E-state index contributed by atoms with van der Waals surface area (Å²) in [5, 5.41) is 0. The molecule has 0 bridgehead atoms. The molecular formula is C19H21N5O4. The molecule has 0 saturated carbocycles. The summed E-state index contributed by atoms with van der Waals surface area (Å²) >= 11 is 0. The Morgan fingerprint density at radius 1 is 1.21 bits per heavy atom. The third kappa shape index (κ3) is 2.54. The summed E-state index contributed by atoms with van der Waals surface area (Å²) in [6, 6.07) is 6.17. The molecule has 1 aliphatic heterocycles. The molecule has 1 aromatic carbocycles. The summed E-state index contributed by atoms with van der Waals surface area (Å²) in [5.74, 6) is -0.0403. The molecule has 0 aliphatic carbocycles. The molecule has 0 unspecified atom stereocenters. The lowest BCUT2D eigenvalue weighted by Gasteiger charge is -2.19. The van der Waals surface area contributed by atoms with Crippen molar-refractivity contribution >= 4 is 28.8 Å². The number of hydrogen-bond donors (Lipinski definition) is 0. The van der Waals surface area contributed by atoms with E-state index in [1.807, 2.05) is 35.4 Å². The Labute approximate surface area is 160 Å². The summed E-state index contributed by atoms with van der Waals surface area (Å²) in [6.07, 6.45) is 0. The van der Waals surface area contributed by atoms with E-state index in [2.05, 4.69) is 15.8 Å². The van der Waals surface area contributed by atoms with Gasteiger partial charge in [-0.1, -0.05) is 17.7 Å². The molecule has 0 atom stereocenters. The third-order valence-corrected chi connectivity index (χ3v) is 5.16. The normalized spacial score (nSPS) is 13.2. The maximum atomic E-state index is 13.0. The van der Waals surface area contributed by atoms with E-state index in [-0.39, 0.29) is 0 Å². The molecule has 0 N–H and O–H groups in total. The van der Waals surface area contributed by atoms with Gasteiger partial charge in [0.2, 0.25) is 5.95 Å². The van der Waals surface area contributed by atoms with Crippen molar-refractivity contribution in [1.82, 2.24) is 18.7 Å². The van der Waals surface area contributed by atoms with E-state index in [9.17, 15) is 14.4 Å². The average Bonchev–Trinajstić information content (AvgIpc) is 3.23. The van der Waals surface area contributed by atoms with Crippen LogP contribution in [0.15, 0.2) is 27.8 Å². The Balaban J connectivity index is 1.93. The molecular weight excluding hydrogens is 362 g/mol. The summed E-state index contributed by atoms with van der Waals surface area (Å²) in [4.78, 5) is 43.9. The van der Waals surface area contributed by atoms with Crippen LogP contribution in [0.2, 0.25) is 0 Å². The minimum absolute atomic E-state index is 0.306. The van der Waals surface area contributed by atoms with E-state index in [1.54, 1.807) is 7.05 Å². The SMILES string of the molecule is COC(=O)Cn1c(=O)c2c(nc3n2CCN3c2ccc(C)cc2C)n(C)c1=O. The number of anilines is 2. The first-order valence-electron chi connectivity index (χ1n) is 8.95. The first-order chi connectivity index (χ1) is 13.3. The molecule has 0 spiro atoms. The van der Waals surface area contributed by atoms with Gasteiger partial charge in [-0.15, -0.1) is 0 Å². The molecule has 0 saturated heterocycles. The van der Waals surface area contributed by atoms with Crippen LogP contribution < -0.4 is 16.1 Å². The number of aromatic nitrogens is 4. The summed E-state index contributed by atoms with van der Waals surface area (Å²) in [6.45, 7) is 4.87. The van der Waals surface area contributed by atoms with Crippen LogP contribution in [0.25, 0.3) is 11.2 Å². The van der Waals surface area contributed by atoms with E-state index in [0.29, 0.717) is 30.2 Å². The predicted octanol–water partition coefficient (Wildman–Crippen LogP) is 0.838. The largest absolute Gasteiger partial charge is 0.468 e. The fraction of sp³-hybridized carbons (Fsp3) is 0.368. The Morgan fingerprint density at radius 2 is 1.96 bits per heavy atom. The van der Waals surface area contributed by atoms with E-state index in [1.165, 1.54) is 17.2 Å².